The van der Waals surface area contributed by atoms with Gasteiger partial charge in [-0.15, -0.1) is 5.10 Å². The van der Waals surface area contributed by atoms with E-state index in [4.69, 9.17) is 0 Å². The fraction of sp³-hybridized carbons (Fsp3) is 0.857. The Morgan fingerprint density at radius 1 is 1.22 bits per heavy atom. The van der Waals surface area contributed by atoms with Gasteiger partial charge in [-0.3, -0.25) is 0 Å². The van der Waals surface area contributed by atoms with Gasteiger partial charge in [0.25, 0.3) is 0 Å². The maximum absolute atomic E-state index is 4.23. The minimum atomic E-state index is 0.00335. The van der Waals surface area contributed by atoms with Gasteiger partial charge >= 0.3 is 0 Å². The standard InChI is InChI=1S/C14H26N4/c1-12(2,3)18-9-10(16-17-18)8-15-11-13(4,5)14(11,6)7/h9,11,15H,8H2,1-7H3. The largest absolute Gasteiger partial charge is 0.307 e. The van der Waals surface area contributed by atoms with Crippen LogP contribution in [0, 0.1) is 10.8 Å². The normalized spacial score (nSPS) is 22.2. The molecule has 1 aromatic rings. The Bertz CT molecular complexity index is 423. The predicted molar refractivity (Wildman–Crippen MR) is 73.2 cm³/mol. The first-order valence-electron chi connectivity index (χ1n) is 6.72. The number of hydrogen-bond acceptors (Lipinski definition) is 3. The second-order valence-corrected chi connectivity index (χ2v) is 7.58. The van der Waals surface area contributed by atoms with Crippen LogP contribution in [0.2, 0.25) is 0 Å². The summed E-state index contributed by atoms with van der Waals surface area (Å²) < 4.78 is 1.92. The van der Waals surface area contributed by atoms with Gasteiger partial charge in [-0.2, -0.15) is 0 Å². The molecular weight excluding hydrogens is 224 g/mol. The van der Waals surface area contributed by atoms with Crippen molar-refractivity contribution in [3.63, 3.8) is 0 Å². The molecule has 4 heteroatoms. The van der Waals surface area contributed by atoms with E-state index in [9.17, 15) is 0 Å². The zero-order chi connectivity index (χ0) is 13.8. The van der Waals surface area contributed by atoms with Gasteiger partial charge in [0.1, 0.15) is 0 Å². The lowest BCUT2D eigenvalue weighted by Gasteiger charge is -2.17. The lowest BCUT2D eigenvalue weighted by Crippen LogP contribution is -2.23. The Hall–Kier alpha value is -0.900. The van der Waals surface area contributed by atoms with Crippen molar-refractivity contribution < 1.29 is 0 Å². The number of nitrogens with zero attached hydrogens (tertiary/aromatic N) is 3. The van der Waals surface area contributed by atoms with Crippen LogP contribution in [0.5, 0.6) is 0 Å². The van der Waals surface area contributed by atoms with Crippen molar-refractivity contribution in [1.29, 1.82) is 0 Å². The highest BCUT2D eigenvalue weighted by atomic mass is 15.4. The van der Waals surface area contributed by atoms with Gasteiger partial charge in [0, 0.05) is 12.6 Å². The van der Waals surface area contributed by atoms with Gasteiger partial charge in [0.15, 0.2) is 0 Å². The zero-order valence-electron chi connectivity index (χ0n) is 12.7. The summed E-state index contributed by atoms with van der Waals surface area (Å²) in [4.78, 5) is 0. The Balaban J connectivity index is 1.95. The van der Waals surface area contributed by atoms with E-state index in [0.29, 0.717) is 16.9 Å². The van der Waals surface area contributed by atoms with Crippen molar-refractivity contribution in [2.24, 2.45) is 10.8 Å². The van der Waals surface area contributed by atoms with E-state index >= 15 is 0 Å². The molecule has 0 saturated heterocycles. The van der Waals surface area contributed by atoms with Crippen LogP contribution < -0.4 is 5.32 Å². The number of aromatic nitrogens is 3. The Kier molecular flexibility index (Phi) is 2.85. The highest BCUT2D eigenvalue weighted by Crippen LogP contribution is 2.62. The van der Waals surface area contributed by atoms with Crippen molar-refractivity contribution in [3.8, 4) is 0 Å². The molecule has 1 heterocycles. The van der Waals surface area contributed by atoms with Crippen molar-refractivity contribution in [1.82, 2.24) is 20.3 Å². The van der Waals surface area contributed by atoms with Crippen LogP contribution in [-0.4, -0.2) is 21.0 Å². The first-order chi connectivity index (χ1) is 8.07. The first kappa shape index (κ1) is 13.5. The Labute approximate surface area is 110 Å². The molecule has 0 bridgehead atoms. The summed E-state index contributed by atoms with van der Waals surface area (Å²) >= 11 is 0. The molecule has 1 N–H and O–H groups in total. The first-order valence-corrected chi connectivity index (χ1v) is 6.72. The lowest BCUT2D eigenvalue weighted by molar-refractivity contribution is 0.347. The second-order valence-electron chi connectivity index (χ2n) is 7.58. The molecule has 0 atom stereocenters. The van der Waals surface area contributed by atoms with Gasteiger partial charge < -0.3 is 5.32 Å². The van der Waals surface area contributed by atoms with Crippen LogP contribution in [0.4, 0.5) is 0 Å². The monoisotopic (exact) mass is 250 g/mol. The van der Waals surface area contributed by atoms with Crippen LogP contribution >= 0.6 is 0 Å². The second kappa shape index (κ2) is 3.80. The third-order valence-electron chi connectivity index (χ3n) is 4.74. The van der Waals surface area contributed by atoms with Crippen molar-refractivity contribution in [2.45, 2.75) is 66.6 Å². The molecule has 1 aliphatic rings. The molecule has 0 amide bonds. The minimum absolute atomic E-state index is 0.00335. The summed E-state index contributed by atoms with van der Waals surface area (Å²) in [6.07, 6.45) is 2.04. The van der Waals surface area contributed by atoms with Crippen LogP contribution in [0.25, 0.3) is 0 Å². The number of nitrogens with one attached hydrogen (secondary N) is 1. The van der Waals surface area contributed by atoms with E-state index in [1.54, 1.807) is 0 Å². The molecule has 0 unspecified atom stereocenters. The van der Waals surface area contributed by atoms with E-state index in [-0.39, 0.29) is 5.54 Å². The van der Waals surface area contributed by atoms with E-state index in [0.717, 1.165) is 12.2 Å². The smallest absolute Gasteiger partial charge is 0.0965 e. The SMILES string of the molecule is CC(C)(C)n1cc(CNC2C(C)(C)C2(C)C)nn1. The minimum Gasteiger partial charge on any atom is -0.307 e. The van der Waals surface area contributed by atoms with E-state index in [2.05, 4.69) is 64.1 Å². The summed E-state index contributed by atoms with van der Waals surface area (Å²) in [7, 11) is 0. The van der Waals surface area contributed by atoms with Crippen molar-refractivity contribution in [2.75, 3.05) is 0 Å². The fourth-order valence-electron chi connectivity index (χ4n) is 2.62. The lowest BCUT2D eigenvalue weighted by atomic mass is 10.0. The molecule has 102 valence electrons. The highest BCUT2D eigenvalue weighted by Gasteiger charge is 2.64. The molecule has 0 spiro atoms. The van der Waals surface area contributed by atoms with Gasteiger partial charge in [0.05, 0.1) is 17.4 Å². The number of rotatable bonds is 3. The average Bonchev–Trinajstić information content (AvgIpc) is 2.58. The summed E-state index contributed by atoms with van der Waals surface area (Å²) in [5, 5.41) is 12.0. The van der Waals surface area contributed by atoms with Gasteiger partial charge in [0.2, 0.25) is 0 Å². The van der Waals surface area contributed by atoms with E-state index in [1.807, 2.05) is 10.9 Å². The van der Waals surface area contributed by atoms with Crippen LogP contribution in [-0.2, 0) is 12.1 Å². The van der Waals surface area contributed by atoms with Gasteiger partial charge in [-0.25, -0.2) is 4.68 Å². The third-order valence-corrected chi connectivity index (χ3v) is 4.74. The quantitative estimate of drug-likeness (QED) is 0.896. The summed E-state index contributed by atoms with van der Waals surface area (Å²) in [5.41, 5.74) is 1.76. The van der Waals surface area contributed by atoms with E-state index < -0.39 is 0 Å². The predicted octanol–water partition coefficient (Wildman–Crippen LogP) is 2.56. The molecule has 1 aliphatic carbocycles. The maximum atomic E-state index is 4.23. The average molecular weight is 250 g/mol. The van der Waals surface area contributed by atoms with Crippen LogP contribution in [0.3, 0.4) is 0 Å². The summed E-state index contributed by atoms with van der Waals surface area (Å²) in [6, 6.07) is 0.560. The molecule has 2 rings (SSSR count). The summed E-state index contributed by atoms with van der Waals surface area (Å²) in [6.45, 7) is 16.5. The fourth-order valence-corrected chi connectivity index (χ4v) is 2.62. The molecule has 1 fully saturated rings. The number of hydrogen-bond donors (Lipinski definition) is 1. The topological polar surface area (TPSA) is 42.7 Å². The molecule has 1 saturated carbocycles. The molecule has 0 aromatic carbocycles. The molecule has 18 heavy (non-hydrogen) atoms. The third kappa shape index (κ3) is 2.07. The van der Waals surface area contributed by atoms with Crippen LogP contribution in [0.15, 0.2) is 6.20 Å². The van der Waals surface area contributed by atoms with Crippen molar-refractivity contribution in [3.05, 3.63) is 11.9 Å². The Morgan fingerprint density at radius 2 is 1.78 bits per heavy atom. The molecule has 0 radical (unpaired) electrons. The molecular formula is C14H26N4. The molecule has 0 aliphatic heterocycles. The maximum Gasteiger partial charge on any atom is 0.0965 e. The zero-order valence-corrected chi connectivity index (χ0v) is 12.7. The summed E-state index contributed by atoms with van der Waals surface area (Å²) in [5.74, 6) is 0. The molecule has 1 aromatic heterocycles. The highest BCUT2D eigenvalue weighted by molar-refractivity contribution is 5.18. The molecule has 4 nitrogen and oxygen atoms in total. The van der Waals surface area contributed by atoms with E-state index in [1.165, 1.54) is 0 Å². The van der Waals surface area contributed by atoms with Gasteiger partial charge in [-0.05, 0) is 31.6 Å². The van der Waals surface area contributed by atoms with Crippen LogP contribution in [0.1, 0.15) is 54.2 Å². The van der Waals surface area contributed by atoms with Gasteiger partial charge in [-0.1, -0.05) is 32.9 Å². The van der Waals surface area contributed by atoms with Crippen molar-refractivity contribution >= 4 is 0 Å². The Morgan fingerprint density at radius 3 is 2.17 bits per heavy atom.